The van der Waals surface area contributed by atoms with Crippen molar-refractivity contribution in [3.63, 3.8) is 0 Å². The first-order valence-corrected chi connectivity index (χ1v) is 11.4. The minimum atomic E-state index is -4.53. The highest BCUT2D eigenvalue weighted by Crippen LogP contribution is 2.32. The number of anilines is 1. The molecule has 5 heterocycles. The number of alkyl halides is 3. The first-order chi connectivity index (χ1) is 16.3. The van der Waals surface area contributed by atoms with Crippen molar-refractivity contribution in [1.82, 2.24) is 24.3 Å². The molecule has 180 valence electrons. The zero-order valence-corrected chi connectivity index (χ0v) is 18.9. The highest BCUT2D eigenvalue weighted by Gasteiger charge is 2.35. The molecule has 8 nitrogen and oxygen atoms in total. The lowest BCUT2D eigenvalue weighted by atomic mass is 10.1. The summed E-state index contributed by atoms with van der Waals surface area (Å²) in [6, 6.07) is 2.92. The Kier molecular flexibility index (Phi) is 6.07. The molecule has 0 N–H and O–H groups in total. The van der Waals surface area contributed by atoms with Crippen LogP contribution in [0.25, 0.3) is 0 Å². The molecule has 2 aliphatic rings. The molecular formula is C22H22ClF3N6O2. The van der Waals surface area contributed by atoms with Crippen LogP contribution in [0.5, 0.6) is 0 Å². The number of nitrogens with zero attached hydrogens (tertiary/aromatic N) is 6. The van der Waals surface area contributed by atoms with Gasteiger partial charge in [-0.25, -0.2) is 4.98 Å². The van der Waals surface area contributed by atoms with E-state index in [2.05, 4.69) is 15.1 Å². The molecule has 5 rings (SSSR count). The molecule has 12 heteroatoms. The molecule has 1 fully saturated rings. The van der Waals surface area contributed by atoms with Crippen molar-refractivity contribution in [3.8, 4) is 0 Å². The zero-order valence-electron chi connectivity index (χ0n) is 18.1. The Balaban J connectivity index is 1.37. The average molecular weight is 495 g/mol. The van der Waals surface area contributed by atoms with Gasteiger partial charge in [-0.1, -0.05) is 17.7 Å². The minimum absolute atomic E-state index is 0.0186. The fourth-order valence-corrected chi connectivity index (χ4v) is 4.75. The fourth-order valence-electron chi connectivity index (χ4n) is 4.50. The molecular weight excluding hydrogens is 473 g/mol. The van der Waals surface area contributed by atoms with Crippen molar-refractivity contribution in [3.05, 3.63) is 68.9 Å². The Bertz CT molecular complexity index is 1250. The second-order valence-corrected chi connectivity index (χ2v) is 8.74. The first-order valence-electron chi connectivity index (χ1n) is 11.0. The van der Waals surface area contributed by atoms with Crippen molar-refractivity contribution < 1.29 is 17.9 Å². The highest BCUT2D eigenvalue weighted by molar-refractivity contribution is 6.33. The summed E-state index contributed by atoms with van der Waals surface area (Å²) in [5.74, 6) is 0. The second kappa shape index (κ2) is 9.03. The van der Waals surface area contributed by atoms with Crippen molar-refractivity contribution in [2.45, 2.75) is 51.2 Å². The van der Waals surface area contributed by atoms with E-state index in [-0.39, 0.29) is 17.1 Å². The van der Waals surface area contributed by atoms with Crippen LogP contribution in [-0.2, 0) is 30.4 Å². The van der Waals surface area contributed by atoms with Gasteiger partial charge in [0, 0.05) is 37.0 Å². The number of ether oxygens (including phenoxy) is 1. The van der Waals surface area contributed by atoms with Gasteiger partial charge in [-0.05, 0) is 25.3 Å². The molecule has 2 aliphatic heterocycles. The monoisotopic (exact) mass is 494 g/mol. The van der Waals surface area contributed by atoms with Crippen molar-refractivity contribution in [1.29, 1.82) is 0 Å². The predicted molar refractivity (Wildman–Crippen MR) is 118 cm³/mol. The molecule has 0 aromatic carbocycles. The van der Waals surface area contributed by atoms with E-state index in [4.69, 9.17) is 16.3 Å². The maximum Gasteiger partial charge on any atom is 0.433 e. The summed E-state index contributed by atoms with van der Waals surface area (Å²) < 4.78 is 48.6. The van der Waals surface area contributed by atoms with Crippen LogP contribution < -0.4 is 10.5 Å². The van der Waals surface area contributed by atoms with Crippen LogP contribution in [0.2, 0.25) is 5.02 Å². The lowest BCUT2D eigenvalue weighted by Gasteiger charge is -2.30. The van der Waals surface area contributed by atoms with Crippen LogP contribution in [0.1, 0.15) is 48.1 Å². The molecule has 3 aromatic rings. The van der Waals surface area contributed by atoms with Crippen LogP contribution in [0.15, 0.2) is 35.6 Å². The Labute approximate surface area is 197 Å². The Hall–Kier alpha value is -2.92. The molecule has 1 unspecified atom stereocenters. The Morgan fingerprint density at radius 2 is 2.09 bits per heavy atom. The number of halogens is 4. The molecule has 0 bridgehead atoms. The number of hydrogen-bond donors (Lipinski definition) is 0. The van der Waals surface area contributed by atoms with E-state index >= 15 is 0 Å². The van der Waals surface area contributed by atoms with E-state index in [0.29, 0.717) is 38.2 Å². The van der Waals surface area contributed by atoms with Crippen LogP contribution in [-0.4, -0.2) is 37.5 Å². The molecule has 0 radical (unpaired) electrons. The quantitative estimate of drug-likeness (QED) is 0.549. The van der Waals surface area contributed by atoms with Gasteiger partial charge in [-0.2, -0.15) is 23.0 Å². The first kappa shape index (κ1) is 22.9. The van der Waals surface area contributed by atoms with Gasteiger partial charge in [-0.3, -0.25) is 9.78 Å². The molecule has 0 saturated carbocycles. The molecule has 3 aromatic heterocycles. The summed E-state index contributed by atoms with van der Waals surface area (Å²) in [4.78, 5) is 22.7. The van der Waals surface area contributed by atoms with Gasteiger partial charge in [0.25, 0.3) is 5.56 Å². The van der Waals surface area contributed by atoms with Gasteiger partial charge in [0.2, 0.25) is 0 Å². The topological polar surface area (TPSA) is 78.1 Å². The lowest BCUT2D eigenvalue weighted by molar-refractivity contribution is -0.141. The summed E-state index contributed by atoms with van der Waals surface area (Å²) in [7, 11) is 0. The highest BCUT2D eigenvalue weighted by atomic mass is 35.5. The van der Waals surface area contributed by atoms with Crippen molar-refractivity contribution in [2.75, 3.05) is 18.1 Å². The number of fused-ring (bicyclic) bond motifs is 1. The molecule has 1 saturated heterocycles. The summed E-state index contributed by atoms with van der Waals surface area (Å²) in [6.07, 6.45) is 2.46. The van der Waals surface area contributed by atoms with E-state index in [9.17, 15) is 18.0 Å². The third-order valence-corrected chi connectivity index (χ3v) is 6.54. The van der Waals surface area contributed by atoms with E-state index < -0.39 is 23.7 Å². The maximum absolute atomic E-state index is 13.3. The molecule has 0 amide bonds. The van der Waals surface area contributed by atoms with Crippen LogP contribution in [0.4, 0.5) is 18.9 Å². The predicted octanol–water partition coefficient (Wildman–Crippen LogP) is 3.82. The summed E-state index contributed by atoms with van der Waals surface area (Å²) in [5.41, 5.74) is 0.860. The minimum Gasteiger partial charge on any atom is -0.362 e. The van der Waals surface area contributed by atoms with Crippen LogP contribution >= 0.6 is 11.6 Å². The number of pyridine rings is 1. The van der Waals surface area contributed by atoms with Gasteiger partial charge in [-0.15, -0.1) is 0 Å². The maximum atomic E-state index is 13.3. The number of imidazole rings is 1. The van der Waals surface area contributed by atoms with E-state index in [0.717, 1.165) is 30.4 Å². The van der Waals surface area contributed by atoms with E-state index in [1.807, 2.05) is 4.90 Å². The molecule has 0 spiro atoms. The molecule has 0 aliphatic carbocycles. The van der Waals surface area contributed by atoms with E-state index in [1.165, 1.54) is 16.8 Å². The average Bonchev–Trinajstić information content (AvgIpc) is 3.23. The van der Waals surface area contributed by atoms with Crippen molar-refractivity contribution >= 4 is 17.3 Å². The van der Waals surface area contributed by atoms with E-state index in [1.54, 1.807) is 17.1 Å². The van der Waals surface area contributed by atoms with Gasteiger partial charge in [0.15, 0.2) is 6.23 Å². The number of hydrogen-bond acceptors (Lipinski definition) is 6. The fraction of sp³-hybridized carbons (Fsp3) is 0.455. The third kappa shape index (κ3) is 4.29. The number of rotatable bonds is 4. The second-order valence-electron chi connectivity index (χ2n) is 8.36. The lowest BCUT2D eigenvalue weighted by Crippen LogP contribution is -2.36. The van der Waals surface area contributed by atoms with Gasteiger partial charge < -0.3 is 14.2 Å². The largest absolute Gasteiger partial charge is 0.433 e. The molecule has 34 heavy (non-hydrogen) atoms. The van der Waals surface area contributed by atoms with Gasteiger partial charge in [0.05, 0.1) is 37.0 Å². The summed E-state index contributed by atoms with van der Waals surface area (Å²) >= 11 is 6.44. The summed E-state index contributed by atoms with van der Waals surface area (Å²) in [5, 5.41) is 4.37. The number of aromatic nitrogens is 5. The smallest absolute Gasteiger partial charge is 0.362 e. The zero-order chi connectivity index (χ0) is 23.9. The third-order valence-electron chi connectivity index (χ3n) is 6.19. The molecule has 1 atom stereocenters. The van der Waals surface area contributed by atoms with Gasteiger partial charge in [0.1, 0.15) is 10.7 Å². The van der Waals surface area contributed by atoms with Crippen molar-refractivity contribution in [2.24, 2.45) is 0 Å². The SMILES string of the molecule is O=c1c(Cl)c(N2CCc3c(ncn3Cc3cccnc3C(F)(F)F)C2)cnn1C1CCCCO1. The van der Waals surface area contributed by atoms with Crippen LogP contribution in [0, 0.1) is 0 Å². The normalized spacial score (nSPS) is 18.7. The van der Waals surface area contributed by atoms with Gasteiger partial charge >= 0.3 is 6.18 Å². The standard InChI is InChI=1S/C22H22ClF3N6O2/c23-19-17(10-29-32(21(19)33)18-5-1-2-9-34-18)30-8-6-16-15(12-30)28-13-31(16)11-14-4-3-7-27-20(14)22(24,25)26/h3-4,7,10,13,18H,1-2,5-6,8-9,11-12H2. The Morgan fingerprint density at radius 3 is 2.85 bits per heavy atom. The summed E-state index contributed by atoms with van der Waals surface area (Å²) in [6.45, 7) is 1.49. The Morgan fingerprint density at radius 1 is 1.24 bits per heavy atom. The van der Waals surface area contributed by atoms with Crippen LogP contribution in [0.3, 0.4) is 0 Å².